The van der Waals surface area contributed by atoms with Crippen LogP contribution in [-0.4, -0.2) is 23.8 Å². The normalized spacial score (nSPS) is 10.6. The minimum atomic E-state index is -0.545. The van der Waals surface area contributed by atoms with Crippen molar-refractivity contribution >= 4 is 23.1 Å². The number of nitrogens with zero attached hydrogens (tertiary/aromatic N) is 1. The van der Waals surface area contributed by atoms with Crippen molar-refractivity contribution in [3.63, 3.8) is 0 Å². The molecule has 0 radical (unpaired) electrons. The fraction of sp³-hybridized carbons (Fsp3) is 0.545. The molecule has 0 saturated carbocycles. The van der Waals surface area contributed by atoms with Gasteiger partial charge in [-0.15, -0.1) is 11.3 Å². The Hall–Kier alpha value is -1.23. The van der Waals surface area contributed by atoms with Crippen molar-refractivity contribution in [2.24, 2.45) is 5.92 Å². The van der Waals surface area contributed by atoms with Gasteiger partial charge in [0.05, 0.1) is 12.1 Å². The van der Waals surface area contributed by atoms with E-state index in [0.717, 1.165) is 11.4 Å². The molecule has 0 aliphatic heterocycles. The number of Topliss-reactive ketones (excluding diaryl/α,β-unsaturated/α-hetero) is 1. The van der Waals surface area contributed by atoms with E-state index in [1.165, 1.54) is 25.4 Å². The summed E-state index contributed by atoms with van der Waals surface area (Å²) in [6.07, 6.45) is 0.766. The van der Waals surface area contributed by atoms with E-state index in [9.17, 15) is 9.59 Å². The van der Waals surface area contributed by atoms with Gasteiger partial charge < -0.3 is 4.74 Å². The Bertz CT molecular complexity index is 409. The Morgan fingerprint density at radius 2 is 2.06 bits per heavy atom. The van der Waals surface area contributed by atoms with Crippen LogP contribution in [0.5, 0.6) is 0 Å². The van der Waals surface area contributed by atoms with Gasteiger partial charge in [0.15, 0.2) is 11.5 Å². The van der Waals surface area contributed by atoms with E-state index >= 15 is 0 Å². The molecule has 0 atom stereocenters. The molecule has 4 nitrogen and oxygen atoms in total. The molecule has 0 aliphatic rings. The van der Waals surface area contributed by atoms with Crippen molar-refractivity contribution < 1.29 is 14.3 Å². The first kappa shape index (κ1) is 12.8. The van der Waals surface area contributed by atoms with Gasteiger partial charge in [-0.3, -0.25) is 4.79 Å². The molecule has 1 rings (SSSR count). The topological polar surface area (TPSA) is 56.3 Å². The molecule has 16 heavy (non-hydrogen) atoms. The molecule has 0 aliphatic carbocycles. The number of carbonyl (C=O) groups is 2. The number of aromatic nitrogens is 1. The van der Waals surface area contributed by atoms with Crippen LogP contribution in [0.25, 0.3) is 0 Å². The lowest BCUT2D eigenvalue weighted by Gasteiger charge is -1.98. The van der Waals surface area contributed by atoms with Crippen LogP contribution in [0.1, 0.15) is 45.9 Å². The third kappa shape index (κ3) is 2.88. The van der Waals surface area contributed by atoms with Gasteiger partial charge in [0.1, 0.15) is 4.88 Å². The molecule has 0 amide bonds. The fourth-order valence-corrected chi connectivity index (χ4v) is 2.43. The summed E-state index contributed by atoms with van der Waals surface area (Å²) in [5.41, 5.74) is 0.149. The number of methoxy groups -OCH3 is 1. The van der Waals surface area contributed by atoms with E-state index < -0.39 is 5.97 Å². The zero-order valence-electron chi connectivity index (χ0n) is 9.86. The highest BCUT2D eigenvalue weighted by Crippen LogP contribution is 2.22. The van der Waals surface area contributed by atoms with E-state index in [4.69, 9.17) is 0 Å². The summed E-state index contributed by atoms with van der Waals surface area (Å²) in [6.45, 7) is 5.55. The average molecular weight is 241 g/mol. The highest BCUT2D eigenvalue weighted by Gasteiger charge is 2.21. The van der Waals surface area contributed by atoms with Crippen molar-refractivity contribution in [1.82, 2.24) is 4.98 Å². The molecule has 0 fully saturated rings. The van der Waals surface area contributed by atoms with Crippen LogP contribution in [0.15, 0.2) is 0 Å². The van der Waals surface area contributed by atoms with Gasteiger partial charge in [0.2, 0.25) is 0 Å². The summed E-state index contributed by atoms with van der Waals surface area (Å²) in [4.78, 5) is 27.3. The summed E-state index contributed by atoms with van der Waals surface area (Å²) in [5.74, 6) is -0.249. The quantitative estimate of drug-likeness (QED) is 0.599. The van der Waals surface area contributed by atoms with Gasteiger partial charge in [-0.2, -0.15) is 0 Å². The van der Waals surface area contributed by atoms with Crippen LogP contribution in [0.2, 0.25) is 0 Å². The van der Waals surface area contributed by atoms with Crippen LogP contribution in [0.3, 0.4) is 0 Å². The lowest BCUT2D eigenvalue weighted by molar-refractivity contribution is 0.0591. The molecule has 88 valence electrons. The summed E-state index contributed by atoms with van der Waals surface area (Å²) < 4.78 is 4.60. The van der Waals surface area contributed by atoms with Gasteiger partial charge in [-0.25, -0.2) is 9.78 Å². The molecule has 1 aromatic rings. The standard InChI is InChI=1S/C11H15NO3S/c1-6(2)5-8-12-9(11(14)15-4)10(16-8)7(3)13/h6H,5H2,1-4H3. The smallest absolute Gasteiger partial charge is 0.358 e. The van der Waals surface area contributed by atoms with Gasteiger partial charge in [-0.1, -0.05) is 13.8 Å². The number of hydrogen-bond acceptors (Lipinski definition) is 5. The number of ketones is 1. The molecule has 0 spiro atoms. The summed E-state index contributed by atoms with van der Waals surface area (Å²) >= 11 is 1.28. The summed E-state index contributed by atoms with van der Waals surface area (Å²) in [7, 11) is 1.29. The lowest BCUT2D eigenvalue weighted by atomic mass is 10.1. The van der Waals surface area contributed by atoms with E-state index in [0.29, 0.717) is 10.8 Å². The highest BCUT2D eigenvalue weighted by atomic mass is 32.1. The second kappa shape index (κ2) is 5.21. The number of rotatable bonds is 4. The molecule has 0 saturated heterocycles. The van der Waals surface area contributed by atoms with Gasteiger partial charge in [0, 0.05) is 13.3 Å². The van der Waals surface area contributed by atoms with Crippen molar-refractivity contribution in [1.29, 1.82) is 0 Å². The highest BCUT2D eigenvalue weighted by molar-refractivity contribution is 7.14. The van der Waals surface area contributed by atoms with Crippen LogP contribution < -0.4 is 0 Å². The predicted molar refractivity (Wildman–Crippen MR) is 62.0 cm³/mol. The molecule has 0 unspecified atom stereocenters. The fourth-order valence-electron chi connectivity index (χ4n) is 1.27. The number of hydrogen-bond donors (Lipinski definition) is 0. The maximum Gasteiger partial charge on any atom is 0.358 e. The molecular weight excluding hydrogens is 226 g/mol. The number of ether oxygens (including phenoxy) is 1. The zero-order chi connectivity index (χ0) is 12.3. The zero-order valence-corrected chi connectivity index (χ0v) is 10.7. The maximum absolute atomic E-state index is 11.4. The largest absolute Gasteiger partial charge is 0.464 e. The molecule has 1 aromatic heterocycles. The molecular formula is C11H15NO3S. The molecule has 0 aromatic carbocycles. The monoisotopic (exact) mass is 241 g/mol. The van der Waals surface area contributed by atoms with Gasteiger partial charge in [-0.05, 0) is 5.92 Å². The van der Waals surface area contributed by atoms with E-state index in [-0.39, 0.29) is 11.5 Å². The SMILES string of the molecule is COC(=O)c1nc(CC(C)C)sc1C(C)=O. The van der Waals surface area contributed by atoms with Crippen molar-refractivity contribution in [3.8, 4) is 0 Å². The molecule has 0 bridgehead atoms. The predicted octanol–water partition coefficient (Wildman–Crippen LogP) is 2.33. The van der Waals surface area contributed by atoms with Crippen LogP contribution in [0, 0.1) is 5.92 Å². The average Bonchev–Trinajstić information content (AvgIpc) is 2.59. The maximum atomic E-state index is 11.4. The second-order valence-electron chi connectivity index (χ2n) is 3.93. The lowest BCUT2D eigenvalue weighted by Crippen LogP contribution is -2.07. The first-order chi connectivity index (χ1) is 7.45. The Kier molecular flexibility index (Phi) is 4.18. The van der Waals surface area contributed by atoms with Crippen molar-refractivity contribution in [3.05, 3.63) is 15.6 Å². The van der Waals surface area contributed by atoms with Crippen LogP contribution in [-0.2, 0) is 11.2 Å². The van der Waals surface area contributed by atoms with Gasteiger partial charge >= 0.3 is 5.97 Å². The Balaban J connectivity index is 3.10. The van der Waals surface area contributed by atoms with E-state index in [1.807, 2.05) is 0 Å². The van der Waals surface area contributed by atoms with Crippen molar-refractivity contribution in [2.75, 3.05) is 7.11 Å². The first-order valence-corrected chi connectivity index (χ1v) is 5.86. The van der Waals surface area contributed by atoms with E-state index in [2.05, 4.69) is 23.6 Å². The minimum Gasteiger partial charge on any atom is -0.464 e. The van der Waals surface area contributed by atoms with Gasteiger partial charge in [0.25, 0.3) is 0 Å². The van der Waals surface area contributed by atoms with Crippen LogP contribution >= 0.6 is 11.3 Å². The summed E-state index contributed by atoms with van der Waals surface area (Å²) in [5, 5.41) is 0.806. The summed E-state index contributed by atoms with van der Waals surface area (Å²) in [6, 6.07) is 0. The Morgan fingerprint density at radius 1 is 1.44 bits per heavy atom. The van der Waals surface area contributed by atoms with E-state index in [1.54, 1.807) is 0 Å². The van der Waals surface area contributed by atoms with Crippen molar-refractivity contribution in [2.45, 2.75) is 27.2 Å². The first-order valence-electron chi connectivity index (χ1n) is 5.04. The number of thiazole rings is 1. The Labute approximate surface area is 98.6 Å². The number of esters is 1. The van der Waals surface area contributed by atoms with Crippen LogP contribution in [0.4, 0.5) is 0 Å². The second-order valence-corrected chi connectivity index (χ2v) is 5.01. The molecule has 0 N–H and O–H groups in total. The third-order valence-electron chi connectivity index (χ3n) is 1.95. The number of carbonyl (C=O) groups excluding carboxylic acids is 2. The minimum absolute atomic E-state index is 0.145. The third-order valence-corrected chi connectivity index (χ3v) is 3.13. The molecule has 1 heterocycles. The Morgan fingerprint density at radius 3 is 2.50 bits per heavy atom. The molecule has 5 heteroatoms.